The lowest BCUT2D eigenvalue weighted by Crippen LogP contribution is -2.20. The maximum absolute atomic E-state index is 13.9. The lowest BCUT2D eigenvalue weighted by molar-refractivity contribution is -0.143. The number of furan rings is 1. The second-order valence-corrected chi connectivity index (χ2v) is 6.74. The summed E-state index contributed by atoms with van der Waals surface area (Å²) in [6, 6.07) is 2.41. The number of hydrogen-bond acceptors (Lipinski definition) is 3. The van der Waals surface area contributed by atoms with Gasteiger partial charge in [0, 0.05) is 0 Å². The molecule has 1 aromatic carbocycles. The number of carbonyl (C=O) groups is 1. The third-order valence-corrected chi connectivity index (χ3v) is 4.82. The van der Waals surface area contributed by atoms with E-state index >= 15 is 0 Å². The maximum Gasteiger partial charge on any atom is 0.422 e. The van der Waals surface area contributed by atoms with Gasteiger partial charge in [0.25, 0.3) is 5.91 Å². The zero-order valence-corrected chi connectivity index (χ0v) is 16.4. The number of carbonyl (C=O) groups excluding carboxylic acids is 1. The van der Waals surface area contributed by atoms with Crippen molar-refractivity contribution < 1.29 is 39.9 Å². The van der Waals surface area contributed by atoms with Gasteiger partial charge in [0.15, 0.2) is 29.0 Å². The van der Waals surface area contributed by atoms with Gasteiger partial charge in [0.05, 0.1) is 23.0 Å². The van der Waals surface area contributed by atoms with Crippen LogP contribution in [0.2, 0.25) is 5.02 Å². The van der Waals surface area contributed by atoms with Crippen LogP contribution < -0.4 is 5.32 Å². The number of hydrogen-bond donors (Lipinski definition) is 1. The Bertz CT molecular complexity index is 1160. The number of nitrogens with one attached hydrogen (secondary N) is 1. The largest absolute Gasteiger partial charge is 0.454 e. The van der Waals surface area contributed by atoms with E-state index in [1.54, 1.807) is 13.8 Å². The molecule has 0 aliphatic rings. The quantitative estimate of drug-likeness (QED) is 0.398. The summed E-state index contributed by atoms with van der Waals surface area (Å²) in [7, 11) is 0. The van der Waals surface area contributed by atoms with Crippen LogP contribution in [0.25, 0.3) is 0 Å². The van der Waals surface area contributed by atoms with Crippen molar-refractivity contribution in [2.24, 2.45) is 0 Å². The second-order valence-electron chi connectivity index (χ2n) is 6.37. The fraction of sp³-hybridized carbons (Fsp3) is 0.222. The Balaban J connectivity index is 1.87. The van der Waals surface area contributed by atoms with E-state index in [0.717, 1.165) is 6.07 Å². The minimum Gasteiger partial charge on any atom is -0.454 e. The molecule has 13 heteroatoms. The number of nitrogens with zero attached hydrogens (tertiary/aromatic N) is 2. The molecule has 0 saturated carbocycles. The van der Waals surface area contributed by atoms with Crippen molar-refractivity contribution in [2.75, 3.05) is 5.32 Å². The Kier molecular flexibility index (Phi) is 5.78. The molecule has 1 N–H and O–H groups in total. The number of anilines is 1. The Morgan fingerprint density at radius 1 is 1.10 bits per heavy atom. The topological polar surface area (TPSA) is 60.1 Å². The van der Waals surface area contributed by atoms with Crippen LogP contribution in [0.4, 0.5) is 36.4 Å². The Labute approximate surface area is 174 Å². The third-order valence-electron chi connectivity index (χ3n) is 4.27. The predicted octanol–water partition coefficient (Wildman–Crippen LogP) is 5.62. The van der Waals surface area contributed by atoms with Gasteiger partial charge in [-0.15, -0.1) is 0 Å². The Morgan fingerprint density at radius 3 is 2.16 bits per heavy atom. The summed E-state index contributed by atoms with van der Waals surface area (Å²) in [4.78, 5) is 12.2. The first-order valence-electron chi connectivity index (χ1n) is 8.35. The molecule has 0 radical (unpaired) electrons. The van der Waals surface area contributed by atoms with E-state index in [1.807, 2.05) is 0 Å². The molecule has 1 amide bonds. The van der Waals surface area contributed by atoms with E-state index in [-0.39, 0.29) is 12.3 Å². The van der Waals surface area contributed by atoms with Crippen molar-refractivity contribution in [3.8, 4) is 0 Å². The first-order valence-corrected chi connectivity index (χ1v) is 8.73. The average molecular weight is 470 g/mol. The number of aryl methyl sites for hydroxylation is 1. The van der Waals surface area contributed by atoms with E-state index in [4.69, 9.17) is 16.0 Å². The molecule has 3 rings (SSSR count). The predicted molar refractivity (Wildman–Crippen MR) is 93.8 cm³/mol. The van der Waals surface area contributed by atoms with Crippen molar-refractivity contribution in [2.45, 2.75) is 26.6 Å². The van der Waals surface area contributed by atoms with Crippen molar-refractivity contribution in [1.29, 1.82) is 0 Å². The van der Waals surface area contributed by atoms with E-state index in [2.05, 4.69) is 5.10 Å². The molecule has 0 spiro atoms. The molecule has 0 bridgehead atoms. The van der Waals surface area contributed by atoms with Gasteiger partial charge in [0.1, 0.15) is 17.0 Å². The average Bonchev–Trinajstić information content (AvgIpc) is 3.24. The molecule has 0 unspecified atom stereocenters. The van der Waals surface area contributed by atoms with Crippen molar-refractivity contribution in [3.05, 3.63) is 68.9 Å². The number of aromatic nitrogens is 2. The second kappa shape index (κ2) is 7.91. The zero-order chi connectivity index (χ0) is 23.2. The number of amides is 1. The monoisotopic (exact) mass is 469 g/mol. The standard InChI is InChI=1S/C18H11ClF7N3O2/c1-6-11(19)7(2)29(28-6)5-8-3-4-9(31-8)17(30)27-16-14(22)12(20)10(18(24,25)26)13(21)15(16)23/h3-4H,5H2,1-2H3,(H,27,30). The summed E-state index contributed by atoms with van der Waals surface area (Å²) in [6.07, 6.45) is -5.69. The minimum atomic E-state index is -5.69. The fourth-order valence-electron chi connectivity index (χ4n) is 2.73. The molecule has 0 fully saturated rings. The molecule has 0 aliphatic heterocycles. The molecule has 3 aromatic rings. The highest BCUT2D eigenvalue weighted by atomic mass is 35.5. The first kappa shape index (κ1) is 22.7. The maximum atomic E-state index is 13.9. The van der Waals surface area contributed by atoms with Gasteiger partial charge in [0.2, 0.25) is 0 Å². The minimum absolute atomic E-state index is 0.0267. The van der Waals surface area contributed by atoms with Gasteiger partial charge < -0.3 is 9.73 Å². The van der Waals surface area contributed by atoms with Crippen molar-refractivity contribution in [1.82, 2.24) is 9.78 Å². The summed E-state index contributed by atoms with van der Waals surface area (Å²) in [5, 5.41) is 6.05. The van der Waals surface area contributed by atoms with Crippen molar-refractivity contribution >= 4 is 23.2 Å². The lowest BCUT2D eigenvalue weighted by Gasteiger charge is -2.14. The van der Waals surface area contributed by atoms with Crippen LogP contribution in [0, 0.1) is 37.1 Å². The highest BCUT2D eigenvalue weighted by Gasteiger charge is 2.42. The van der Waals surface area contributed by atoms with Crippen LogP contribution in [-0.4, -0.2) is 15.7 Å². The SMILES string of the molecule is Cc1nn(Cc2ccc(C(=O)Nc3c(F)c(F)c(C(F)(F)F)c(F)c3F)o2)c(C)c1Cl. The highest BCUT2D eigenvalue weighted by molar-refractivity contribution is 6.31. The fourth-order valence-corrected chi connectivity index (χ4v) is 2.86. The van der Waals surface area contributed by atoms with Gasteiger partial charge in [-0.1, -0.05) is 11.6 Å². The van der Waals surface area contributed by atoms with Gasteiger partial charge in [-0.3, -0.25) is 9.48 Å². The van der Waals surface area contributed by atoms with Crippen molar-refractivity contribution in [3.63, 3.8) is 0 Å². The molecule has 166 valence electrons. The molecular formula is C18H11ClF7N3O2. The molecule has 2 heterocycles. The zero-order valence-electron chi connectivity index (χ0n) is 15.6. The summed E-state index contributed by atoms with van der Waals surface area (Å²) in [5.74, 6) is -11.9. The molecule has 0 aliphatic carbocycles. The van der Waals surface area contributed by atoms with Gasteiger partial charge in [-0.25, -0.2) is 17.6 Å². The smallest absolute Gasteiger partial charge is 0.422 e. The van der Waals surface area contributed by atoms with Crippen LogP contribution in [0.15, 0.2) is 16.5 Å². The molecule has 5 nitrogen and oxygen atoms in total. The number of halogens is 8. The Morgan fingerprint density at radius 2 is 1.68 bits per heavy atom. The van der Waals surface area contributed by atoms with Gasteiger partial charge in [-0.05, 0) is 26.0 Å². The number of benzene rings is 1. The third kappa shape index (κ3) is 4.11. The van der Waals surface area contributed by atoms with Crippen LogP contribution >= 0.6 is 11.6 Å². The van der Waals surface area contributed by atoms with E-state index in [0.29, 0.717) is 16.4 Å². The molecular weight excluding hydrogens is 459 g/mol. The van der Waals surface area contributed by atoms with E-state index in [9.17, 15) is 35.5 Å². The van der Waals surface area contributed by atoms with Crippen LogP contribution in [0.5, 0.6) is 0 Å². The van der Waals surface area contributed by atoms with Crippen LogP contribution in [0.3, 0.4) is 0 Å². The Hall–Kier alpha value is -3.02. The first-order chi connectivity index (χ1) is 14.3. The molecule has 31 heavy (non-hydrogen) atoms. The van der Waals surface area contributed by atoms with Crippen LogP contribution in [0.1, 0.15) is 33.3 Å². The molecule has 2 aromatic heterocycles. The number of rotatable bonds is 4. The van der Waals surface area contributed by atoms with Gasteiger partial charge in [-0.2, -0.15) is 18.3 Å². The van der Waals surface area contributed by atoms with Crippen LogP contribution in [-0.2, 0) is 12.7 Å². The molecule has 0 saturated heterocycles. The van der Waals surface area contributed by atoms with E-state index < -0.39 is 52.4 Å². The van der Waals surface area contributed by atoms with E-state index in [1.165, 1.54) is 16.1 Å². The number of alkyl halides is 3. The lowest BCUT2D eigenvalue weighted by atomic mass is 10.1. The summed E-state index contributed by atoms with van der Waals surface area (Å²) >= 11 is 6.02. The molecule has 0 atom stereocenters. The summed E-state index contributed by atoms with van der Waals surface area (Å²) in [6.45, 7) is 3.37. The summed E-state index contributed by atoms with van der Waals surface area (Å²) in [5.41, 5.74) is -3.33. The normalized spacial score (nSPS) is 11.8. The summed E-state index contributed by atoms with van der Waals surface area (Å²) < 4.78 is 99.8. The highest BCUT2D eigenvalue weighted by Crippen LogP contribution is 2.38. The van der Waals surface area contributed by atoms with Gasteiger partial charge >= 0.3 is 6.18 Å².